The van der Waals surface area contributed by atoms with Gasteiger partial charge in [0.05, 0.1) is 16.6 Å². The summed E-state index contributed by atoms with van der Waals surface area (Å²) >= 11 is 0. The highest BCUT2D eigenvalue weighted by Gasteiger charge is 2.34. The van der Waals surface area contributed by atoms with Crippen LogP contribution in [0.3, 0.4) is 0 Å². The summed E-state index contributed by atoms with van der Waals surface area (Å²) in [6.45, 7) is 1.23. The molecule has 4 heterocycles. The van der Waals surface area contributed by atoms with Gasteiger partial charge in [-0.25, -0.2) is 4.98 Å². The molecule has 0 spiro atoms. The zero-order chi connectivity index (χ0) is 20.8. The van der Waals surface area contributed by atoms with E-state index in [9.17, 15) is 9.59 Å². The molecule has 8 heteroatoms. The van der Waals surface area contributed by atoms with Crippen molar-refractivity contribution >= 4 is 22.8 Å². The lowest BCUT2D eigenvalue weighted by Crippen LogP contribution is -2.28. The number of likely N-dealkylation sites (tertiary alicyclic amines) is 1. The van der Waals surface area contributed by atoms with Gasteiger partial charge < -0.3 is 10.2 Å². The van der Waals surface area contributed by atoms with Crippen LogP contribution in [0, 0.1) is 0 Å². The summed E-state index contributed by atoms with van der Waals surface area (Å²) in [5.41, 5.74) is 3.83. The molecule has 5 rings (SSSR count). The van der Waals surface area contributed by atoms with Crippen LogP contribution in [0.4, 0.5) is 0 Å². The van der Waals surface area contributed by atoms with Gasteiger partial charge >= 0.3 is 0 Å². The van der Waals surface area contributed by atoms with Crippen LogP contribution in [-0.4, -0.2) is 56.6 Å². The lowest BCUT2D eigenvalue weighted by atomic mass is 9.98. The normalized spacial score (nSPS) is 18.7. The van der Waals surface area contributed by atoms with Gasteiger partial charge in [-0.2, -0.15) is 5.10 Å². The first kappa shape index (κ1) is 18.7. The Balaban J connectivity index is 1.52. The van der Waals surface area contributed by atoms with Crippen molar-refractivity contribution in [2.24, 2.45) is 7.05 Å². The molecule has 3 aromatic rings. The smallest absolute Gasteiger partial charge is 0.253 e. The topological polar surface area (TPSA) is 93.0 Å². The summed E-state index contributed by atoms with van der Waals surface area (Å²) in [6.07, 6.45) is 6.30. The Hall–Kier alpha value is -3.29. The van der Waals surface area contributed by atoms with E-state index in [0.29, 0.717) is 30.1 Å². The maximum atomic E-state index is 12.8. The van der Waals surface area contributed by atoms with Crippen molar-refractivity contribution in [3.8, 4) is 0 Å². The molecule has 1 aliphatic heterocycles. The van der Waals surface area contributed by atoms with Gasteiger partial charge in [-0.15, -0.1) is 0 Å². The van der Waals surface area contributed by atoms with Gasteiger partial charge in [-0.3, -0.25) is 19.3 Å². The molecule has 1 unspecified atom stereocenters. The summed E-state index contributed by atoms with van der Waals surface area (Å²) < 4.78 is 1.77. The Morgan fingerprint density at radius 2 is 1.90 bits per heavy atom. The van der Waals surface area contributed by atoms with Crippen molar-refractivity contribution < 1.29 is 9.59 Å². The quantitative estimate of drug-likeness (QED) is 0.720. The number of nitrogens with one attached hydrogen (secondary N) is 1. The van der Waals surface area contributed by atoms with E-state index in [-0.39, 0.29) is 17.7 Å². The van der Waals surface area contributed by atoms with Gasteiger partial charge in [0.2, 0.25) is 0 Å². The number of amides is 2. The molecule has 0 bridgehead atoms. The minimum Gasteiger partial charge on any atom is -0.355 e. The molecule has 0 radical (unpaired) electrons. The molecule has 1 aliphatic carbocycles. The first-order chi connectivity index (χ1) is 14.6. The molecule has 2 amide bonds. The summed E-state index contributed by atoms with van der Waals surface area (Å²) in [7, 11) is 3.52. The summed E-state index contributed by atoms with van der Waals surface area (Å²) in [5, 5.41) is 8.33. The molecule has 3 aromatic heterocycles. The van der Waals surface area contributed by atoms with Crippen LogP contribution in [0.1, 0.15) is 63.2 Å². The number of aromatic nitrogens is 4. The molecular weight excluding hydrogens is 380 g/mol. The third-order valence-corrected chi connectivity index (χ3v) is 6.10. The first-order valence-corrected chi connectivity index (χ1v) is 10.4. The van der Waals surface area contributed by atoms with Crippen LogP contribution < -0.4 is 5.32 Å². The van der Waals surface area contributed by atoms with E-state index in [2.05, 4.69) is 10.3 Å². The van der Waals surface area contributed by atoms with Crippen LogP contribution >= 0.6 is 0 Å². The number of pyridine rings is 2. The molecule has 2 aliphatic rings. The second kappa shape index (κ2) is 7.19. The molecule has 1 N–H and O–H groups in total. The van der Waals surface area contributed by atoms with Crippen molar-refractivity contribution in [1.29, 1.82) is 0 Å². The third-order valence-electron chi connectivity index (χ3n) is 6.10. The average molecular weight is 404 g/mol. The van der Waals surface area contributed by atoms with E-state index < -0.39 is 0 Å². The molecule has 1 saturated carbocycles. The minimum atomic E-state index is -0.124. The van der Waals surface area contributed by atoms with Crippen molar-refractivity contribution in [3.05, 3.63) is 53.1 Å². The van der Waals surface area contributed by atoms with Gasteiger partial charge in [-0.1, -0.05) is 0 Å². The van der Waals surface area contributed by atoms with Crippen molar-refractivity contribution in [1.82, 2.24) is 30.0 Å². The monoisotopic (exact) mass is 404 g/mol. The fraction of sp³-hybridized carbons (Fsp3) is 0.409. The molecule has 30 heavy (non-hydrogen) atoms. The van der Waals surface area contributed by atoms with Gasteiger partial charge in [0, 0.05) is 62.7 Å². The molecule has 1 atom stereocenters. The SMILES string of the molecule is CNC(=O)c1cc(C2CC2)nc2c1c(C1CCN(C(=O)c3ccncc3)C1)nn2C. The number of aryl methyl sites for hydroxylation is 1. The third kappa shape index (κ3) is 3.12. The van der Waals surface area contributed by atoms with Crippen LogP contribution in [0.5, 0.6) is 0 Å². The van der Waals surface area contributed by atoms with Gasteiger partial charge in [-0.05, 0) is 37.5 Å². The van der Waals surface area contributed by atoms with Gasteiger partial charge in [0.15, 0.2) is 5.65 Å². The number of fused-ring (bicyclic) bond motifs is 1. The molecule has 0 aromatic carbocycles. The highest BCUT2D eigenvalue weighted by Crippen LogP contribution is 2.41. The predicted octanol–water partition coefficient (Wildman–Crippen LogP) is 2.23. The highest BCUT2D eigenvalue weighted by molar-refractivity contribution is 6.06. The molecule has 154 valence electrons. The van der Waals surface area contributed by atoms with Crippen LogP contribution in [-0.2, 0) is 7.05 Å². The van der Waals surface area contributed by atoms with Crippen molar-refractivity contribution in [2.75, 3.05) is 20.1 Å². The predicted molar refractivity (Wildman–Crippen MR) is 111 cm³/mol. The number of rotatable bonds is 4. The molecule has 8 nitrogen and oxygen atoms in total. The summed E-state index contributed by atoms with van der Waals surface area (Å²) in [6, 6.07) is 5.40. The lowest BCUT2D eigenvalue weighted by molar-refractivity contribution is 0.0790. The maximum Gasteiger partial charge on any atom is 0.253 e. The van der Waals surface area contributed by atoms with Gasteiger partial charge in [0.25, 0.3) is 11.8 Å². The molecular formula is C22H24N6O2. The Labute approximate surface area is 174 Å². The standard InChI is InChI=1S/C22H24N6O2/c1-23-21(29)16-11-17(13-3-4-13)25-20-18(16)19(26-27(20)2)15-7-10-28(12-15)22(30)14-5-8-24-9-6-14/h5-6,8-9,11,13,15H,3-4,7,10,12H2,1-2H3,(H,23,29). The Morgan fingerprint density at radius 3 is 2.60 bits per heavy atom. The van der Waals surface area contributed by atoms with Crippen LogP contribution in [0.25, 0.3) is 11.0 Å². The van der Waals surface area contributed by atoms with Crippen LogP contribution in [0.15, 0.2) is 30.6 Å². The fourth-order valence-electron chi connectivity index (χ4n) is 4.33. The Kier molecular flexibility index (Phi) is 4.49. The number of nitrogens with zero attached hydrogens (tertiary/aromatic N) is 5. The van der Waals surface area contributed by atoms with Crippen LogP contribution in [0.2, 0.25) is 0 Å². The molecule has 2 fully saturated rings. The zero-order valence-corrected chi connectivity index (χ0v) is 17.1. The Morgan fingerprint density at radius 1 is 1.13 bits per heavy atom. The summed E-state index contributed by atoms with van der Waals surface area (Å²) in [5.74, 6) is 0.384. The van der Waals surface area contributed by atoms with Gasteiger partial charge in [0.1, 0.15) is 0 Å². The lowest BCUT2D eigenvalue weighted by Gasteiger charge is -2.16. The highest BCUT2D eigenvalue weighted by atomic mass is 16.2. The van der Waals surface area contributed by atoms with E-state index in [1.54, 1.807) is 36.3 Å². The van der Waals surface area contributed by atoms with E-state index in [4.69, 9.17) is 10.1 Å². The van der Waals surface area contributed by atoms with E-state index in [0.717, 1.165) is 41.7 Å². The number of hydrogen-bond donors (Lipinski definition) is 1. The van der Waals surface area contributed by atoms with E-state index in [1.165, 1.54) is 0 Å². The number of carbonyl (C=O) groups excluding carboxylic acids is 2. The summed E-state index contributed by atoms with van der Waals surface area (Å²) in [4.78, 5) is 36.2. The second-order valence-electron chi connectivity index (χ2n) is 8.13. The Bertz CT molecular complexity index is 1140. The largest absolute Gasteiger partial charge is 0.355 e. The number of hydrogen-bond acceptors (Lipinski definition) is 5. The average Bonchev–Trinajstić information content (AvgIpc) is 3.43. The maximum absolute atomic E-state index is 12.8. The number of carbonyl (C=O) groups is 2. The second-order valence-corrected chi connectivity index (χ2v) is 8.13. The van der Waals surface area contributed by atoms with E-state index in [1.807, 2.05) is 18.0 Å². The first-order valence-electron chi connectivity index (χ1n) is 10.4. The van der Waals surface area contributed by atoms with Crippen molar-refractivity contribution in [3.63, 3.8) is 0 Å². The van der Waals surface area contributed by atoms with E-state index >= 15 is 0 Å². The molecule has 1 saturated heterocycles. The minimum absolute atomic E-state index is 0.000746. The fourth-order valence-corrected chi connectivity index (χ4v) is 4.33. The zero-order valence-electron chi connectivity index (χ0n) is 17.1. The van der Waals surface area contributed by atoms with Crippen molar-refractivity contribution in [2.45, 2.75) is 31.1 Å².